The van der Waals surface area contributed by atoms with E-state index in [9.17, 15) is 13.2 Å². The first-order valence-corrected chi connectivity index (χ1v) is 13.7. The van der Waals surface area contributed by atoms with Crippen LogP contribution in [-0.2, 0) is 12.7 Å². The summed E-state index contributed by atoms with van der Waals surface area (Å²) in [4.78, 5) is 2.11. The molecule has 0 heterocycles. The number of ether oxygens (including phenoxy) is 1. The van der Waals surface area contributed by atoms with Gasteiger partial charge in [-0.2, -0.15) is 13.2 Å². The first-order chi connectivity index (χ1) is 18.7. The van der Waals surface area contributed by atoms with Crippen LogP contribution in [0.3, 0.4) is 0 Å². The summed E-state index contributed by atoms with van der Waals surface area (Å²) in [7, 11) is 0. The molecule has 7 heteroatoms. The van der Waals surface area contributed by atoms with Crippen molar-refractivity contribution in [1.29, 1.82) is 0 Å². The smallest absolute Gasteiger partial charge is 0.417 e. The SMILES string of the molecule is C#C/C=C(\C=C/C)C(CN(CCCOc1cccc(Br)c1)Cc1cccc(C(F)(F)F)c1Cl)c1ccccc1. The number of benzene rings is 3. The zero-order valence-electron chi connectivity index (χ0n) is 21.6. The molecule has 0 saturated carbocycles. The molecular weight excluding hydrogens is 587 g/mol. The van der Waals surface area contributed by atoms with Crippen LogP contribution in [0.25, 0.3) is 0 Å². The lowest BCUT2D eigenvalue weighted by Gasteiger charge is -2.29. The van der Waals surface area contributed by atoms with Crippen LogP contribution in [0, 0.1) is 12.3 Å². The molecule has 0 amide bonds. The second-order valence-corrected chi connectivity index (χ2v) is 10.2. The van der Waals surface area contributed by atoms with Gasteiger partial charge in [-0.1, -0.05) is 94.1 Å². The second-order valence-electron chi connectivity index (χ2n) is 8.95. The molecule has 0 saturated heterocycles. The van der Waals surface area contributed by atoms with E-state index in [2.05, 4.69) is 26.8 Å². The van der Waals surface area contributed by atoms with Crippen LogP contribution in [0.5, 0.6) is 5.75 Å². The zero-order valence-corrected chi connectivity index (χ0v) is 23.9. The van der Waals surface area contributed by atoms with E-state index >= 15 is 0 Å². The molecule has 204 valence electrons. The van der Waals surface area contributed by atoms with E-state index in [4.69, 9.17) is 22.8 Å². The van der Waals surface area contributed by atoms with Gasteiger partial charge in [-0.15, -0.1) is 6.42 Å². The van der Waals surface area contributed by atoms with Crippen molar-refractivity contribution >= 4 is 27.5 Å². The molecule has 0 spiro atoms. The summed E-state index contributed by atoms with van der Waals surface area (Å²) < 4.78 is 47.5. The van der Waals surface area contributed by atoms with E-state index in [1.165, 1.54) is 6.07 Å². The maximum absolute atomic E-state index is 13.6. The van der Waals surface area contributed by atoms with Gasteiger partial charge in [-0.25, -0.2) is 0 Å². The molecule has 0 aromatic heterocycles. The number of alkyl halides is 3. The summed E-state index contributed by atoms with van der Waals surface area (Å²) >= 11 is 9.72. The van der Waals surface area contributed by atoms with Crippen molar-refractivity contribution in [3.05, 3.63) is 123 Å². The molecule has 3 aromatic rings. The maximum Gasteiger partial charge on any atom is 0.417 e. The topological polar surface area (TPSA) is 12.5 Å². The van der Waals surface area contributed by atoms with E-state index in [1.54, 1.807) is 12.1 Å². The molecule has 1 atom stereocenters. The van der Waals surface area contributed by atoms with Crippen LogP contribution in [0.4, 0.5) is 13.2 Å². The van der Waals surface area contributed by atoms with Crippen LogP contribution in [0.15, 0.2) is 101 Å². The van der Waals surface area contributed by atoms with Gasteiger partial charge in [0.05, 0.1) is 17.2 Å². The van der Waals surface area contributed by atoms with Crippen LogP contribution >= 0.6 is 27.5 Å². The van der Waals surface area contributed by atoms with Crippen LogP contribution in [-0.4, -0.2) is 24.6 Å². The van der Waals surface area contributed by atoms with E-state index in [1.807, 2.05) is 73.7 Å². The van der Waals surface area contributed by atoms with Gasteiger partial charge in [0.1, 0.15) is 5.75 Å². The fourth-order valence-corrected chi connectivity index (χ4v) is 5.00. The van der Waals surface area contributed by atoms with Gasteiger partial charge in [0.15, 0.2) is 0 Å². The average molecular weight is 617 g/mol. The second kappa shape index (κ2) is 15.0. The highest BCUT2D eigenvalue weighted by Gasteiger charge is 2.34. The molecular formula is C32H30BrClF3NO. The van der Waals surface area contributed by atoms with Gasteiger partial charge in [0.25, 0.3) is 0 Å². The Kier molecular flexibility index (Phi) is 11.7. The van der Waals surface area contributed by atoms with Crippen molar-refractivity contribution in [2.45, 2.75) is 32.0 Å². The minimum atomic E-state index is -4.53. The molecule has 0 N–H and O–H groups in total. The number of hydrogen-bond donors (Lipinski definition) is 0. The number of terminal acetylenes is 1. The van der Waals surface area contributed by atoms with Crippen LogP contribution in [0.1, 0.15) is 36.0 Å². The summed E-state index contributed by atoms with van der Waals surface area (Å²) in [6.07, 6.45) is 7.42. The minimum absolute atomic E-state index is 0.103. The fourth-order valence-electron chi connectivity index (χ4n) is 4.33. The number of halogens is 5. The predicted molar refractivity (Wildman–Crippen MR) is 157 cm³/mol. The predicted octanol–water partition coefficient (Wildman–Crippen LogP) is 9.31. The van der Waals surface area contributed by atoms with Crippen molar-refractivity contribution in [1.82, 2.24) is 4.90 Å². The Morgan fingerprint density at radius 3 is 2.51 bits per heavy atom. The first-order valence-electron chi connectivity index (χ1n) is 12.5. The molecule has 1 unspecified atom stereocenters. The minimum Gasteiger partial charge on any atom is -0.494 e. The molecule has 0 aliphatic carbocycles. The van der Waals surface area contributed by atoms with Crippen molar-refractivity contribution in [2.24, 2.45) is 0 Å². The molecule has 39 heavy (non-hydrogen) atoms. The Hall–Kier alpha value is -2.98. The van der Waals surface area contributed by atoms with Gasteiger partial charge in [-0.3, -0.25) is 4.90 Å². The van der Waals surface area contributed by atoms with Crippen LogP contribution in [0.2, 0.25) is 5.02 Å². The standard InChI is InChI=1S/C32H30BrClF3NO/c1-3-11-24(12-4-2)29(25-13-6-5-7-14-25)23-38(19-10-20-39-28-17-9-16-27(33)21-28)22-26-15-8-18-30(31(26)34)32(35,36)37/h1,4-9,11-18,21,29H,10,19-20,22-23H2,2H3/b12-4-,24-11+. The van der Waals surface area contributed by atoms with Gasteiger partial charge >= 0.3 is 6.18 Å². The third-order valence-electron chi connectivity index (χ3n) is 6.12. The molecule has 0 bridgehead atoms. The highest BCUT2D eigenvalue weighted by atomic mass is 79.9. The van der Waals surface area contributed by atoms with E-state index in [-0.39, 0.29) is 17.5 Å². The monoisotopic (exact) mass is 615 g/mol. The van der Waals surface area contributed by atoms with Crippen molar-refractivity contribution in [3.8, 4) is 18.1 Å². The van der Waals surface area contributed by atoms with Crippen molar-refractivity contribution in [2.75, 3.05) is 19.7 Å². The first kappa shape index (κ1) is 30.6. The molecule has 0 aliphatic heterocycles. The van der Waals surface area contributed by atoms with E-state index in [0.717, 1.165) is 27.4 Å². The molecule has 2 nitrogen and oxygen atoms in total. The van der Waals surface area contributed by atoms with Gasteiger partial charge in [0, 0.05) is 30.0 Å². The Bertz CT molecular complexity index is 1310. The van der Waals surface area contributed by atoms with E-state index < -0.39 is 11.7 Å². The lowest BCUT2D eigenvalue weighted by atomic mass is 9.89. The lowest BCUT2D eigenvalue weighted by molar-refractivity contribution is -0.137. The molecule has 3 aromatic carbocycles. The fraction of sp³-hybridized carbons (Fsp3) is 0.250. The number of hydrogen-bond acceptors (Lipinski definition) is 2. The lowest BCUT2D eigenvalue weighted by Crippen LogP contribution is -2.31. The van der Waals surface area contributed by atoms with Gasteiger partial charge in [-0.05, 0) is 60.4 Å². The Morgan fingerprint density at radius 1 is 1.10 bits per heavy atom. The number of nitrogens with zero attached hydrogens (tertiary/aromatic N) is 1. The van der Waals surface area contributed by atoms with Crippen molar-refractivity contribution in [3.63, 3.8) is 0 Å². The highest BCUT2D eigenvalue weighted by Crippen LogP contribution is 2.37. The van der Waals surface area contributed by atoms with E-state index in [0.29, 0.717) is 31.7 Å². The van der Waals surface area contributed by atoms with Crippen molar-refractivity contribution < 1.29 is 17.9 Å². The maximum atomic E-state index is 13.6. The largest absolute Gasteiger partial charge is 0.494 e. The zero-order chi connectivity index (χ0) is 28.3. The summed E-state index contributed by atoms with van der Waals surface area (Å²) in [6.45, 7) is 3.70. The quantitative estimate of drug-likeness (QED) is 0.114. The number of allylic oxidation sites excluding steroid dienone is 3. The summed E-state index contributed by atoms with van der Waals surface area (Å²) in [5, 5.41) is -0.274. The summed E-state index contributed by atoms with van der Waals surface area (Å²) in [6, 6.07) is 21.6. The summed E-state index contributed by atoms with van der Waals surface area (Å²) in [5.74, 6) is 3.27. The molecule has 3 rings (SSSR count). The molecule has 0 fully saturated rings. The summed E-state index contributed by atoms with van der Waals surface area (Å²) in [5.41, 5.74) is 1.58. The Balaban J connectivity index is 1.89. The number of rotatable bonds is 12. The third kappa shape index (κ3) is 9.32. The van der Waals surface area contributed by atoms with Gasteiger partial charge in [0.2, 0.25) is 0 Å². The molecule has 0 aliphatic rings. The third-order valence-corrected chi connectivity index (χ3v) is 7.06. The highest BCUT2D eigenvalue weighted by molar-refractivity contribution is 9.10. The Labute approximate surface area is 242 Å². The Morgan fingerprint density at radius 2 is 1.85 bits per heavy atom. The van der Waals surface area contributed by atoms with Gasteiger partial charge < -0.3 is 4.74 Å². The normalized spacial score (nSPS) is 13.0. The molecule has 0 radical (unpaired) electrons. The average Bonchev–Trinajstić information content (AvgIpc) is 2.90. The van der Waals surface area contributed by atoms with Crippen LogP contribution < -0.4 is 4.74 Å².